The highest BCUT2D eigenvalue weighted by Gasteiger charge is 2.35. The Kier molecular flexibility index (Phi) is 5.53. The maximum Gasteiger partial charge on any atom is 0.245 e. The lowest BCUT2D eigenvalue weighted by Gasteiger charge is -2.22. The van der Waals surface area contributed by atoms with E-state index >= 15 is 0 Å². The first kappa shape index (κ1) is 17.4. The third-order valence-corrected chi connectivity index (χ3v) is 6.15. The van der Waals surface area contributed by atoms with Gasteiger partial charge in [-0.25, -0.2) is 13.1 Å². The average molecular weight is 352 g/mol. The fourth-order valence-corrected chi connectivity index (χ4v) is 4.70. The minimum Gasteiger partial charge on any atom is -0.381 e. The number of para-hydroxylation sites is 1. The molecule has 2 aliphatic heterocycles. The number of sulfonamides is 1. The molecule has 1 atom stereocenters. The summed E-state index contributed by atoms with van der Waals surface area (Å²) in [5.41, 5.74) is 0.811. The van der Waals surface area contributed by atoms with Crippen molar-refractivity contribution in [3.05, 3.63) is 30.3 Å². The normalized spacial score (nSPS) is 22.9. The summed E-state index contributed by atoms with van der Waals surface area (Å²) in [5.74, 6) is 0.304. The van der Waals surface area contributed by atoms with Crippen LogP contribution in [-0.4, -0.2) is 45.9 Å². The van der Waals surface area contributed by atoms with Crippen LogP contribution in [0.5, 0.6) is 0 Å². The fourth-order valence-electron chi connectivity index (χ4n) is 3.29. The zero-order chi connectivity index (χ0) is 17.0. The molecule has 1 amide bonds. The molecule has 6 nitrogen and oxygen atoms in total. The van der Waals surface area contributed by atoms with E-state index in [-0.39, 0.29) is 11.7 Å². The van der Waals surface area contributed by atoms with Gasteiger partial charge in [-0.1, -0.05) is 18.2 Å². The summed E-state index contributed by atoms with van der Waals surface area (Å²) in [6.45, 7) is 1.96. The van der Waals surface area contributed by atoms with E-state index in [4.69, 9.17) is 4.74 Å². The molecule has 7 heteroatoms. The van der Waals surface area contributed by atoms with Crippen LogP contribution in [0.1, 0.15) is 25.7 Å². The van der Waals surface area contributed by atoms with Gasteiger partial charge < -0.3 is 9.64 Å². The summed E-state index contributed by atoms with van der Waals surface area (Å²) in [7, 11) is -3.44. The zero-order valence-corrected chi connectivity index (χ0v) is 14.5. The molecule has 0 bridgehead atoms. The number of nitrogens with one attached hydrogen (secondary N) is 1. The van der Waals surface area contributed by atoms with Crippen LogP contribution < -0.4 is 9.62 Å². The number of nitrogens with zero attached hydrogens (tertiary/aromatic N) is 1. The van der Waals surface area contributed by atoms with Crippen LogP contribution in [0.3, 0.4) is 0 Å². The highest BCUT2D eigenvalue weighted by molar-refractivity contribution is 7.89. The van der Waals surface area contributed by atoms with E-state index in [1.54, 1.807) is 4.90 Å². The molecule has 1 aromatic rings. The van der Waals surface area contributed by atoms with E-state index < -0.39 is 16.1 Å². The zero-order valence-electron chi connectivity index (χ0n) is 13.7. The number of benzene rings is 1. The second kappa shape index (κ2) is 7.63. The number of rotatable bonds is 6. The van der Waals surface area contributed by atoms with Crippen LogP contribution in [-0.2, 0) is 19.6 Å². The van der Waals surface area contributed by atoms with Crippen LogP contribution in [0.15, 0.2) is 30.3 Å². The van der Waals surface area contributed by atoms with Gasteiger partial charge in [0.05, 0.1) is 5.75 Å². The van der Waals surface area contributed by atoms with Gasteiger partial charge >= 0.3 is 0 Å². The maximum atomic E-state index is 12.5. The lowest BCUT2D eigenvalue weighted by atomic mass is 9.98. The maximum absolute atomic E-state index is 12.5. The molecule has 2 aliphatic rings. The quantitative estimate of drug-likeness (QED) is 0.842. The lowest BCUT2D eigenvalue weighted by molar-refractivity contribution is -0.118. The van der Waals surface area contributed by atoms with E-state index in [2.05, 4.69) is 4.72 Å². The van der Waals surface area contributed by atoms with Gasteiger partial charge in [0.2, 0.25) is 15.9 Å². The number of carbonyl (C=O) groups excluding carboxylic acids is 1. The smallest absolute Gasteiger partial charge is 0.245 e. The molecule has 2 fully saturated rings. The van der Waals surface area contributed by atoms with Crippen molar-refractivity contribution in [1.82, 2.24) is 4.72 Å². The van der Waals surface area contributed by atoms with Crippen LogP contribution in [0.4, 0.5) is 5.69 Å². The van der Waals surface area contributed by atoms with Gasteiger partial charge in [-0.2, -0.15) is 0 Å². The Hall–Kier alpha value is -1.44. The summed E-state index contributed by atoms with van der Waals surface area (Å²) < 4.78 is 32.5. The van der Waals surface area contributed by atoms with Gasteiger partial charge in [-0.05, 0) is 43.7 Å². The second-order valence-electron chi connectivity index (χ2n) is 6.45. The van der Waals surface area contributed by atoms with E-state index in [1.807, 2.05) is 30.3 Å². The minimum atomic E-state index is -3.44. The van der Waals surface area contributed by atoms with Crippen LogP contribution in [0.25, 0.3) is 0 Å². The number of ether oxygens (including phenoxy) is 1. The van der Waals surface area contributed by atoms with Gasteiger partial charge in [0.25, 0.3) is 0 Å². The topological polar surface area (TPSA) is 75.7 Å². The molecule has 1 aromatic carbocycles. The van der Waals surface area contributed by atoms with Crippen molar-refractivity contribution >= 4 is 21.6 Å². The Balaban J connectivity index is 1.54. The molecule has 132 valence electrons. The molecule has 2 saturated heterocycles. The number of anilines is 1. The van der Waals surface area contributed by atoms with E-state index in [0.717, 1.165) is 18.5 Å². The third-order valence-electron chi connectivity index (χ3n) is 4.73. The van der Waals surface area contributed by atoms with Crippen molar-refractivity contribution in [2.45, 2.75) is 31.7 Å². The van der Waals surface area contributed by atoms with E-state index in [1.165, 1.54) is 0 Å². The predicted molar refractivity (Wildman–Crippen MR) is 92.3 cm³/mol. The van der Waals surface area contributed by atoms with Crippen molar-refractivity contribution in [3.63, 3.8) is 0 Å². The first-order valence-corrected chi connectivity index (χ1v) is 10.1. The van der Waals surface area contributed by atoms with Gasteiger partial charge in [-0.3, -0.25) is 4.79 Å². The predicted octanol–water partition coefficient (Wildman–Crippen LogP) is 1.53. The molecule has 0 saturated carbocycles. The van der Waals surface area contributed by atoms with Crippen LogP contribution in [0, 0.1) is 5.92 Å². The summed E-state index contributed by atoms with van der Waals surface area (Å²) >= 11 is 0. The van der Waals surface area contributed by atoms with E-state index in [0.29, 0.717) is 38.5 Å². The molecule has 0 spiro atoms. The number of hydrogen-bond acceptors (Lipinski definition) is 4. The van der Waals surface area contributed by atoms with Gasteiger partial charge in [0, 0.05) is 25.4 Å². The molecular weight excluding hydrogens is 328 g/mol. The Bertz CT molecular complexity index is 656. The summed E-state index contributed by atoms with van der Waals surface area (Å²) in [5, 5.41) is 0. The van der Waals surface area contributed by atoms with Gasteiger partial charge in [0.15, 0.2) is 0 Å². The summed E-state index contributed by atoms with van der Waals surface area (Å²) in [6.07, 6.45) is 2.96. The second-order valence-corrected chi connectivity index (χ2v) is 8.32. The molecular formula is C17H24N2O4S. The van der Waals surface area contributed by atoms with Gasteiger partial charge in [-0.15, -0.1) is 0 Å². The average Bonchev–Trinajstić information content (AvgIpc) is 2.95. The molecule has 0 aliphatic carbocycles. The van der Waals surface area contributed by atoms with Crippen molar-refractivity contribution in [1.29, 1.82) is 0 Å². The molecule has 1 unspecified atom stereocenters. The molecule has 1 N–H and O–H groups in total. The Morgan fingerprint density at radius 2 is 1.83 bits per heavy atom. The standard InChI is InChI=1S/C17H24N2O4S/c20-17-16(6-10-19(17)15-4-2-1-3-5-15)18-24(21,22)13-9-14-7-11-23-12-8-14/h1-5,14,16,18H,6-13H2. The highest BCUT2D eigenvalue weighted by atomic mass is 32.2. The fraction of sp³-hybridized carbons (Fsp3) is 0.588. The largest absolute Gasteiger partial charge is 0.381 e. The Morgan fingerprint density at radius 1 is 1.12 bits per heavy atom. The van der Waals surface area contributed by atoms with Crippen molar-refractivity contribution in [3.8, 4) is 0 Å². The number of hydrogen-bond donors (Lipinski definition) is 1. The molecule has 24 heavy (non-hydrogen) atoms. The SMILES string of the molecule is O=C1C(NS(=O)(=O)CCC2CCOCC2)CCN1c1ccccc1. The monoisotopic (exact) mass is 352 g/mol. The van der Waals surface area contributed by atoms with Crippen LogP contribution >= 0.6 is 0 Å². The first-order valence-electron chi connectivity index (χ1n) is 8.49. The lowest BCUT2D eigenvalue weighted by Crippen LogP contribution is -2.42. The van der Waals surface area contributed by atoms with Crippen molar-refractivity contribution in [2.75, 3.05) is 30.4 Å². The molecule has 0 aromatic heterocycles. The van der Waals surface area contributed by atoms with Gasteiger partial charge in [0.1, 0.15) is 6.04 Å². The highest BCUT2D eigenvalue weighted by Crippen LogP contribution is 2.22. The van der Waals surface area contributed by atoms with Crippen molar-refractivity contribution in [2.24, 2.45) is 5.92 Å². The molecule has 2 heterocycles. The first-order chi connectivity index (χ1) is 11.6. The minimum absolute atomic E-state index is 0.0762. The number of carbonyl (C=O) groups is 1. The third kappa shape index (κ3) is 4.34. The van der Waals surface area contributed by atoms with Crippen LogP contribution in [0.2, 0.25) is 0 Å². The summed E-state index contributed by atoms with van der Waals surface area (Å²) in [6, 6.07) is 8.70. The van der Waals surface area contributed by atoms with E-state index in [9.17, 15) is 13.2 Å². The molecule has 3 rings (SSSR count). The van der Waals surface area contributed by atoms with Crippen molar-refractivity contribution < 1.29 is 17.9 Å². The molecule has 0 radical (unpaired) electrons. The Labute approximate surface area is 143 Å². The number of amides is 1. The summed E-state index contributed by atoms with van der Waals surface area (Å²) in [4.78, 5) is 14.1. The Morgan fingerprint density at radius 3 is 2.54 bits per heavy atom.